The van der Waals surface area contributed by atoms with Crippen molar-refractivity contribution in [2.75, 3.05) is 5.32 Å². The predicted octanol–water partition coefficient (Wildman–Crippen LogP) is 3.98. The van der Waals surface area contributed by atoms with Crippen LogP contribution in [-0.2, 0) is 0 Å². The average Bonchev–Trinajstić information content (AvgIpc) is 2.80. The fourth-order valence-corrected chi connectivity index (χ4v) is 3.16. The standard InChI is InChI=1S/C15H13N3S2/c1-9-6-7-12-13(8-9)20-15(18-12)17-11-5-3-2-4-10(11)14(16)19/h2-8H,1H3,(H2,16,19)(H,17,18). The van der Waals surface area contributed by atoms with Crippen LogP contribution < -0.4 is 11.1 Å². The molecule has 0 aliphatic heterocycles. The summed E-state index contributed by atoms with van der Waals surface area (Å²) in [5.74, 6) is 0. The lowest BCUT2D eigenvalue weighted by Gasteiger charge is -2.07. The first-order valence-electron chi connectivity index (χ1n) is 6.16. The largest absolute Gasteiger partial charge is 0.389 e. The minimum Gasteiger partial charge on any atom is -0.389 e. The third-order valence-electron chi connectivity index (χ3n) is 2.98. The van der Waals surface area contributed by atoms with Crippen LogP contribution in [0.25, 0.3) is 10.2 Å². The van der Waals surface area contributed by atoms with Crippen LogP contribution in [0, 0.1) is 6.92 Å². The van der Waals surface area contributed by atoms with E-state index < -0.39 is 0 Å². The Labute approximate surface area is 126 Å². The van der Waals surface area contributed by atoms with Crippen molar-refractivity contribution in [3.8, 4) is 0 Å². The number of aromatic nitrogens is 1. The van der Waals surface area contributed by atoms with Crippen molar-refractivity contribution in [1.82, 2.24) is 4.98 Å². The quantitative estimate of drug-likeness (QED) is 0.718. The predicted molar refractivity (Wildman–Crippen MR) is 90.0 cm³/mol. The third kappa shape index (κ3) is 2.50. The van der Waals surface area contributed by atoms with Gasteiger partial charge < -0.3 is 11.1 Å². The second-order valence-electron chi connectivity index (χ2n) is 4.53. The molecule has 100 valence electrons. The molecule has 3 aromatic rings. The molecular formula is C15H13N3S2. The Morgan fingerprint density at radius 3 is 2.85 bits per heavy atom. The highest BCUT2D eigenvalue weighted by Crippen LogP contribution is 2.30. The minimum absolute atomic E-state index is 0.380. The average molecular weight is 299 g/mol. The van der Waals surface area contributed by atoms with E-state index in [2.05, 4.69) is 29.4 Å². The number of nitrogens with two attached hydrogens (primary N) is 1. The topological polar surface area (TPSA) is 50.9 Å². The van der Waals surface area contributed by atoms with Crippen LogP contribution in [0.15, 0.2) is 42.5 Å². The van der Waals surface area contributed by atoms with Gasteiger partial charge in [-0.1, -0.05) is 41.8 Å². The molecule has 0 bridgehead atoms. The van der Waals surface area contributed by atoms with Crippen molar-refractivity contribution in [3.05, 3.63) is 53.6 Å². The minimum atomic E-state index is 0.380. The van der Waals surface area contributed by atoms with Gasteiger partial charge in [-0.25, -0.2) is 4.98 Å². The molecule has 0 aliphatic rings. The van der Waals surface area contributed by atoms with Gasteiger partial charge in [-0.3, -0.25) is 0 Å². The number of hydrogen-bond donors (Lipinski definition) is 2. The summed E-state index contributed by atoms with van der Waals surface area (Å²) in [7, 11) is 0. The lowest BCUT2D eigenvalue weighted by Crippen LogP contribution is -2.11. The van der Waals surface area contributed by atoms with Crippen molar-refractivity contribution >= 4 is 49.6 Å². The molecule has 3 N–H and O–H groups in total. The molecule has 0 spiro atoms. The highest BCUT2D eigenvalue weighted by molar-refractivity contribution is 7.80. The van der Waals surface area contributed by atoms with E-state index in [1.165, 1.54) is 10.3 Å². The number of thiazole rings is 1. The molecular weight excluding hydrogens is 286 g/mol. The van der Waals surface area contributed by atoms with Gasteiger partial charge in [-0.2, -0.15) is 0 Å². The molecule has 0 atom stereocenters. The molecule has 0 saturated heterocycles. The van der Waals surface area contributed by atoms with E-state index in [0.717, 1.165) is 21.9 Å². The first-order valence-corrected chi connectivity index (χ1v) is 7.39. The maximum atomic E-state index is 5.74. The SMILES string of the molecule is Cc1ccc2nc(Nc3ccccc3C(N)=S)sc2c1. The number of para-hydroxylation sites is 1. The zero-order chi connectivity index (χ0) is 14.1. The molecule has 0 amide bonds. The Morgan fingerprint density at radius 1 is 1.25 bits per heavy atom. The maximum absolute atomic E-state index is 5.74. The van der Waals surface area contributed by atoms with Gasteiger partial charge in [-0.15, -0.1) is 0 Å². The van der Waals surface area contributed by atoms with E-state index >= 15 is 0 Å². The van der Waals surface area contributed by atoms with Gasteiger partial charge in [0.05, 0.1) is 15.9 Å². The number of nitrogens with one attached hydrogen (secondary N) is 1. The van der Waals surface area contributed by atoms with Crippen LogP contribution in [0.4, 0.5) is 10.8 Å². The number of anilines is 2. The summed E-state index contributed by atoms with van der Waals surface area (Å²) < 4.78 is 1.17. The van der Waals surface area contributed by atoms with E-state index in [1.807, 2.05) is 30.3 Å². The number of benzene rings is 2. The normalized spacial score (nSPS) is 10.7. The first kappa shape index (κ1) is 13.0. The Bertz CT molecular complexity index is 793. The third-order valence-corrected chi connectivity index (χ3v) is 4.13. The highest BCUT2D eigenvalue weighted by atomic mass is 32.1. The van der Waals surface area contributed by atoms with E-state index in [1.54, 1.807) is 11.3 Å². The number of nitrogens with zero attached hydrogens (tertiary/aromatic N) is 1. The molecule has 20 heavy (non-hydrogen) atoms. The van der Waals surface area contributed by atoms with Crippen molar-refractivity contribution in [2.45, 2.75) is 6.92 Å². The summed E-state index contributed by atoms with van der Waals surface area (Å²) >= 11 is 6.69. The van der Waals surface area contributed by atoms with Crippen LogP contribution in [0.3, 0.4) is 0 Å². The molecule has 0 aliphatic carbocycles. The highest BCUT2D eigenvalue weighted by Gasteiger charge is 2.08. The number of hydrogen-bond acceptors (Lipinski definition) is 4. The fraction of sp³-hybridized carbons (Fsp3) is 0.0667. The van der Waals surface area contributed by atoms with Gasteiger partial charge in [0, 0.05) is 5.56 Å². The Morgan fingerprint density at radius 2 is 2.05 bits per heavy atom. The van der Waals surface area contributed by atoms with E-state index in [0.29, 0.717) is 4.99 Å². The first-order chi connectivity index (χ1) is 9.63. The van der Waals surface area contributed by atoms with Crippen LogP contribution in [-0.4, -0.2) is 9.97 Å². The number of fused-ring (bicyclic) bond motifs is 1. The molecule has 3 nitrogen and oxygen atoms in total. The van der Waals surface area contributed by atoms with Crippen LogP contribution in [0.5, 0.6) is 0 Å². The molecule has 2 aromatic carbocycles. The van der Waals surface area contributed by atoms with E-state index in [9.17, 15) is 0 Å². The zero-order valence-electron chi connectivity index (χ0n) is 10.9. The second kappa shape index (κ2) is 5.19. The summed E-state index contributed by atoms with van der Waals surface area (Å²) in [5.41, 5.74) is 9.68. The molecule has 0 fully saturated rings. The Hall–Kier alpha value is -1.98. The number of aryl methyl sites for hydroxylation is 1. The summed E-state index contributed by atoms with van der Waals surface area (Å²) in [6, 6.07) is 14.0. The Balaban J connectivity index is 1.99. The van der Waals surface area contributed by atoms with Gasteiger partial charge in [0.15, 0.2) is 5.13 Å². The van der Waals surface area contributed by atoms with Gasteiger partial charge >= 0.3 is 0 Å². The van der Waals surface area contributed by atoms with E-state index in [-0.39, 0.29) is 0 Å². The number of thiocarbonyl (C=S) groups is 1. The lowest BCUT2D eigenvalue weighted by molar-refractivity contribution is 1.42. The number of rotatable bonds is 3. The monoisotopic (exact) mass is 299 g/mol. The fourth-order valence-electron chi connectivity index (χ4n) is 2.01. The molecule has 5 heteroatoms. The van der Waals surface area contributed by atoms with Crippen molar-refractivity contribution < 1.29 is 0 Å². The summed E-state index contributed by atoms with van der Waals surface area (Å²) in [6.07, 6.45) is 0. The van der Waals surface area contributed by atoms with Crippen LogP contribution in [0.2, 0.25) is 0 Å². The molecule has 0 unspecified atom stereocenters. The Kier molecular flexibility index (Phi) is 3.38. The zero-order valence-corrected chi connectivity index (χ0v) is 12.5. The second-order valence-corrected chi connectivity index (χ2v) is 6.00. The molecule has 3 rings (SSSR count). The van der Waals surface area contributed by atoms with Crippen LogP contribution >= 0.6 is 23.6 Å². The maximum Gasteiger partial charge on any atom is 0.188 e. The summed E-state index contributed by atoms with van der Waals surface area (Å²) in [4.78, 5) is 4.95. The molecule has 0 radical (unpaired) electrons. The van der Waals surface area contributed by atoms with Crippen molar-refractivity contribution in [3.63, 3.8) is 0 Å². The van der Waals surface area contributed by atoms with Gasteiger partial charge in [0.1, 0.15) is 4.99 Å². The molecule has 1 aromatic heterocycles. The summed E-state index contributed by atoms with van der Waals surface area (Å²) in [6.45, 7) is 2.08. The van der Waals surface area contributed by atoms with Gasteiger partial charge in [-0.05, 0) is 36.8 Å². The molecule has 1 heterocycles. The van der Waals surface area contributed by atoms with Crippen molar-refractivity contribution in [2.24, 2.45) is 5.73 Å². The van der Waals surface area contributed by atoms with Gasteiger partial charge in [0.2, 0.25) is 0 Å². The molecule has 0 saturated carbocycles. The smallest absolute Gasteiger partial charge is 0.188 e. The summed E-state index contributed by atoms with van der Waals surface area (Å²) in [5, 5.41) is 4.14. The lowest BCUT2D eigenvalue weighted by atomic mass is 10.2. The van der Waals surface area contributed by atoms with Crippen LogP contribution in [0.1, 0.15) is 11.1 Å². The van der Waals surface area contributed by atoms with Crippen molar-refractivity contribution in [1.29, 1.82) is 0 Å². The van der Waals surface area contributed by atoms with E-state index in [4.69, 9.17) is 18.0 Å². The van der Waals surface area contributed by atoms with Gasteiger partial charge in [0.25, 0.3) is 0 Å².